The van der Waals surface area contributed by atoms with E-state index in [9.17, 15) is 18.0 Å². The summed E-state index contributed by atoms with van der Waals surface area (Å²) in [6.07, 6.45) is -5.35. The quantitative estimate of drug-likeness (QED) is 0.641. The van der Waals surface area contributed by atoms with Crippen LogP contribution in [-0.2, 0) is 9.53 Å². The maximum absolute atomic E-state index is 11.5. The standard InChI is InChI=1S/C6H6ClF3O2/c7-5(11)3-1-4(2-3)12-6(8,9)10/h3-4H,1-2H2. The van der Waals surface area contributed by atoms with Crippen molar-refractivity contribution in [2.24, 2.45) is 5.92 Å². The lowest BCUT2D eigenvalue weighted by Crippen LogP contribution is -2.38. The van der Waals surface area contributed by atoms with Crippen LogP contribution in [0.25, 0.3) is 0 Å². The van der Waals surface area contributed by atoms with Gasteiger partial charge in [-0.3, -0.25) is 9.53 Å². The van der Waals surface area contributed by atoms with Gasteiger partial charge in [0.1, 0.15) is 0 Å². The van der Waals surface area contributed by atoms with Gasteiger partial charge in [0.25, 0.3) is 0 Å². The molecule has 0 aromatic rings. The highest BCUT2D eigenvalue weighted by molar-refractivity contribution is 6.64. The Bertz CT molecular complexity index is 186. The topological polar surface area (TPSA) is 26.3 Å². The average Bonchev–Trinajstić information content (AvgIpc) is 1.74. The molecule has 0 aromatic carbocycles. The smallest absolute Gasteiger partial charge is 0.289 e. The van der Waals surface area contributed by atoms with E-state index in [0.717, 1.165) is 0 Å². The van der Waals surface area contributed by atoms with Gasteiger partial charge in [-0.05, 0) is 24.4 Å². The van der Waals surface area contributed by atoms with Crippen LogP contribution in [0.1, 0.15) is 12.8 Å². The van der Waals surface area contributed by atoms with Crippen molar-refractivity contribution >= 4 is 16.8 Å². The number of halogens is 4. The Balaban J connectivity index is 2.22. The first kappa shape index (κ1) is 9.80. The second kappa shape index (κ2) is 3.22. The molecule has 1 aliphatic rings. The Morgan fingerprint density at radius 1 is 1.42 bits per heavy atom. The molecule has 1 fully saturated rings. The van der Waals surface area contributed by atoms with Gasteiger partial charge in [0.15, 0.2) is 0 Å². The van der Waals surface area contributed by atoms with Crippen LogP contribution >= 0.6 is 11.6 Å². The van der Waals surface area contributed by atoms with E-state index in [1.54, 1.807) is 0 Å². The first-order chi connectivity index (χ1) is 5.38. The van der Waals surface area contributed by atoms with Crippen molar-refractivity contribution in [3.63, 3.8) is 0 Å². The van der Waals surface area contributed by atoms with E-state index >= 15 is 0 Å². The van der Waals surface area contributed by atoms with Crippen molar-refractivity contribution in [1.29, 1.82) is 0 Å². The van der Waals surface area contributed by atoms with Gasteiger partial charge in [0, 0.05) is 5.92 Å². The predicted molar refractivity (Wildman–Crippen MR) is 34.5 cm³/mol. The maximum Gasteiger partial charge on any atom is 0.522 e. The summed E-state index contributed by atoms with van der Waals surface area (Å²) in [6.45, 7) is 0. The molecule has 0 heterocycles. The summed E-state index contributed by atoms with van der Waals surface area (Å²) in [6, 6.07) is 0. The summed E-state index contributed by atoms with van der Waals surface area (Å²) < 4.78 is 38.2. The van der Waals surface area contributed by atoms with Gasteiger partial charge in [0.2, 0.25) is 5.24 Å². The Morgan fingerprint density at radius 3 is 2.25 bits per heavy atom. The fourth-order valence-corrected chi connectivity index (χ4v) is 1.21. The lowest BCUT2D eigenvalue weighted by molar-refractivity contribution is -0.353. The van der Waals surface area contributed by atoms with E-state index in [1.165, 1.54) is 0 Å². The zero-order chi connectivity index (χ0) is 9.35. The van der Waals surface area contributed by atoms with Crippen LogP contribution in [0.5, 0.6) is 0 Å². The second-order valence-corrected chi connectivity index (χ2v) is 3.03. The molecule has 1 rings (SSSR count). The Morgan fingerprint density at radius 2 is 1.92 bits per heavy atom. The monoisotopic (exact) mass is 202 g/mol. The van der Waals surface area contributed by atoms with Gasteiger partial charge >= 0.3 is 6.36 Å². The third-order valence-electron chi connectivity index (χ3n) is 1.72. The molecule has 0 atom stereocenters. The van der Waals surface area contributed by atoms with Crippen LogP contribution in [0.2, 0.25) is 0 Å². The van der Waals surface area contributed by atoms with Gasteiger partial charge in [-0.1, -0.05) is 0 Å². The van der Waals surface area contributed by atoms with E-state index in [2.05, 4.69) is 4.74 Å². The number of ether oxygens (including phenoxy) is 1. The van der Waals surface area contributed by atoms with E-state index in [1.807, 2.05) is 0 Å². The lowest BCUT2D eigenvalue weighted by atomic mass is 9.83. The minimum absolute atomic E-state index is 0.0713. The largest absolute Gasteiger partial charge is 0.522 e. The molecule has 0 bridgehead atoms. The van der Waals surface area contributed by atoms with Crippen LogP contribution in [0.4, 0.5) is 13.2 Å². The van der Waals surface area contributed by atoms with Gasteiger partial charge in [-0.25, -0.2) is 0 Å². The molecule has 6 heteroatoms. The van der Waals surface area contributed by atoms with Crippen molar-refractivity contribution in [3.8, 4) is 0 Å². The Hall–Kier alpha value is -0.290. The summed E-state index contributed by atoms with van der Waals surface area (Å²) in [5.74, 6) is -0.459. The Kier molecular flexibility index (Phi) is 2.63. The number of carbonyl (C=O) groups is 1. The highest BCUT2D eigenvalue weighted by atomic mass is 35.5. The average molecular weight is 203 g/mol. The van der Waals surface area contributed by atoms with E-state index in [-0.39, 0.29) is 12.8 Å². The first-order valence-corrected chi connectivity index (χ1v) is 3.70. The molecule has 12 heavy (non-hydrogen) atoms. The van der Waals surface area contributed by atoms with Gasteiger partial charge in [-0.2, -0.15) is 0 Å². The minimum atomic E-state index is -4.61. The summed E-state index contributed by atoms with van der Waals surface area (Å²) in [5.41, 5.74) is 0. The molecule has 0 aromatic heterocycles. The second-order valence-electron chi connectivity index (χ2n) is 2.66. The molecule has 0 spiro atoms. The molecular formula is C6H6ClF3O2. The summed E-state index contributed by atoms with van der Waals surface area (Å²) >= 11 is 5.04. The summed E-state index contributed by atoms with van der Waals surface area (Å²) in [4.78, 5) is 10.4. The van der Waals surface area contributed by atoms with Crippen molar-refractivity contribution < 1.29 is 22.7 Å². The predicted octanol–water partition coefficient (Wildman–Crippen LogP) is 2.07. The minimum Gasteiger partial charge on any atom is -0.289 e. The zero-order valence-electron chi connectivity index (χ0n) is 5.90. The fourth-order valence-electron chi connectivity index (χ4n) is 1.04. The van der Waals surface area contributed by atoms with Crippen molar-refractivity contribution in [2.75, 3.05) is 0 Å². The molecule has 0 radical (unpaired) electrons. The van der Waals surface area contributed by atoms with Crippen molar-refractivity contribution in [1.82, 2.24) is 0 Å². The summed E-state index contributed by atoms with van der Waals surface area (Å²) in [7, 11) is 0. The SMILES string of the molecule is O=C(Cl)C1CC(OC(F)(F)F)C1. The van der Waals surface area contributed by atoms with Crippen LogP contribution in [-0.4, -0.2) is 17.7 Å². The van der Waals surface area contributed by atoms with E-state index < -0.39 is 23.6 Å². The van der Waals surface area contributed by atoms with Crippen molar-refractivity contribution in [2.45, 2.75) is 25.3 Å². The van der Waals surface area contributed by atoms with Crippen LogP contribution in [0, 0.1) is 5.92 Å². The number of hydrogen-bond acceptors (Lipinski definition) is 2. The molecule has 1 saturated carbocycles. The van der Waals surface area contributed by atoms with Gasteiger partial charge < -0.3 is 0 Å². The summed E-state index contributed by atoms with van der Waals surface area (Å²) in [5, 5.41) is -0.586. The molecule has 0 aliphatic heterocycles. The molecule has 2 nitrogen and oxygen atoms in total. The third kappa shape index (κ3) is 2.64. The molecule has 0 amide bonds. The number of rotatable bonds is 2. The van der Waals surface area contributed by atoms with Gasteiger partial charge in [-0.15, -0.1) is 13.2 Å². The maximum atomic E-state index is 11.5. The lowest BCUT2D eigenvalue weighted by Gasteiger charge is -2.32. The van der Waals surface area contributed by atoms with Gasteiger partial charge in [0.05, 0.1) is 6.10 Å². The third-order valence-corrected chi connectivity index (χ3v) is 2.02. The number of carbonyl (C=O) groups excluding carboxylic acids is 1. The molecule has 0 saturated heterocycles. The van der Waals surface area contributed by atoms with Crippen molar-refractivity contribution in [3.05, 3.63) is 0 Å². The van der Waals surface area contributed by atoms with Crippen LogP contribution < -0.4 is 0 Å². The Labute approximate surface area is 71.6 Å². The van der Waals surface area contributed by atoms with E-state index in [4.69, 9.17) is 11.6 Å². The molecule has 70 valence electrons. The first-order valence-electron chi connectivity index (χ1n) is 3.32. The van der Waals surface area contributed by atoms with Crippen LogP contribution in [0.15, 0.2) is 0 Å². The van der Waals surface area contributed by atoms with Crippen LogP contribution in [0.3, 0.4) is 0 Å². The molecule has 0 unspecified atom stereocenters. The van der Waals surface area contributed by atoms with E-state index in [0.29, 0.717) is 0 Å². The zero-order valence-corrected chi connectivity index (χ0v) is 6.65. The highest BCUT2D eigenvalue weighted by Gasteiger charge is 2.42. The molecule has 0 N–H and O–H groups in total. The number of hydrogen-bond donors (Lipinski definition) is 0. The fraction of sp³-hybridized carbons (Fsp3) is 0.833. The number of alkyl halides is 3. The molecular weight excluding hydrogens is 197 g/mol. The molecule has 1 aliphatic carbocycles. The highest BCUT2D eigenvalue weighted by Crippen LogP contribution is 2.35. The normalized spacial score (nSPS) is 29.7.